The molecule has 0 saturated carbocycles. The van der Waals surface area contributed by atoms with Crippen LogP contribution in [0, 0.1) is 17.1 Å². The van der Waals surface area contributed by atoms with Crippen molar-refractivity contribution in [1.29, 1.82) is 5.26 Å². The van der Waals surface area contributed by atoms with Crippen LogP contribution in [0.3, 0.4) is 0 Å². The number of carbonyl (C=O) groups excluding carboxylic acids is 1. The van der Waals surface area contributed by atoms with E-state index < -0.39 is 40.2 Å². The summed E-state index contributed by atoms with van der Waals surface area (Å²) in [5, 5.41) is 8.91. The van der Waals surface area contributed by atoms with Crippen LogP contribution in [0.1, 0.15) is 45.7 Å². The van der Waals surface area contributed by atoms with E-state index in [1.54, 1.807) is 20.8 Å². The van der Waals surface area contributed by atoms with Crippen LogP contribution in [-0.2, 0) is 11.0 Å². The molecule has 2 aromatic carbocycles. The number of thiocarbonyl (C=S) groups is 1. The molecule has 0 spiro atoms. The minimum absolute atomic E-state index is 0.0132. The molecule has 1 saturated heterocycles. The summed E-state index contributed by atoms with van der Waals surface area (Å²) in [6, 6.07) is 8.51. The van der Waals surface area contributed by atoms with Gasteiger partial charge in [-0.25, -0.2) is 4.39 Å². The van der Waals surface area contributed by atoms with Crippen molar-refractivity contribution >= 4 is 34.6 Å². The lowest BCUT2D eigenvalue weighted by Crippen LogP contribution is -2.44. The number of amides is 1. The van der Waals surface area contributed by atoms with E-state index in [0.717, 1.165) is 17.0 Å². The van der Waals surface area contributed by atoms with E-state index in [0.29, 0.717) is 6.07 Å². The molecule has 0 radical (unpaired) electrons. The number of halogens is 4. The second-order valence-electron chi connectivity index (χ2n) is 8.99. The smallest absolute Gasteiger partial charge is 0.417 e. The van der Waals surface area contributed by atoms with Crippen molar-refractivity contribution in [3.8, 4) is 11.8 Å². The highest BCUT2D eigenvalue weighted by Crippen LogP contribution is 2.40. The molecule has 1 fully saturated rings. The van der Waals surface area contributed by atoms with E-state index in [1.165, 1.54) is 43.0 Å². The van der Waals surface area contributed by atoms with Gasteiger partial charge in [0.25, 0.3) is 5.91 Å². The molecule has 0 unspecified atom stereocenters. The fraction of sp³-hybridized carbons (Fsp3) is 0.348. The summed E-state index contributed by atoms with van der Waals surface area (Å²) in [7, 11) is 0. The molecule has 2 aromatic rings. The Balaban J connectivity index is 2.06. The molecule has 1 aliphatic heterocycles. The topological polar surface area (TPSA) is 56.6 Å². The first-order valence-corrected chi connectivity index (χ1v) is 10.3. The molecule has 1 heterocycles. The van der Waals surface area contributed by atoms with Crippen LogP contribution < -0.4 is 14.5 Å². The quantitative estimate of drug-likeness (QED) is 0.411. The van der Waals surface area contributed by atoms with Crippen molar-refractivity contribution in [1.82, 2.24) is 0 Å². The molecule has 1 amide bonds. The maximum absolute atomic E-state index is 14.7. The van der Waals surface area contributed by atoms with Gasteiger partial charge < -0.3 is 9.64 Å². The molecule has 0 N–H and O–H groups in total. The zero-order valence-electron chi connectivity index (χ0n) is 18.5. The van der Waals surface area contributed by atoms with Crippen LogP contribution in [0.15, 0.2) is 36.4 Å². The molecular weight excluding hydrogens is 458 g/mol. The van der Waals surface area contributed by atoms with Crippen LogP contribution in [-0.4, -0.2) is 22.2 Å². The molecule has 0 atom stereocenters. The van der Waals surface area contributed by atoms with Gasteiger partial charge in [0.05, 0.1) is 22.9 Å². The summed E-state index contributed by atoms with van der Waals surface area (Å²) in [6.45, 7) is 8.37. The van der Waals surface area contributed by atoms with E-state index >= 15 is 0 Å². The fourth-order valence-corrected chi connectivity index (χ4v) is 4.02. The highest BCUT2D eigenvalue weighted by molar-refractivity contribution is 7.81. The summed E-state index contributed by atoms with van der Waals surface area (Å²) >= 11 is 5.44. The third-order valence-electron chi connectivity index (χ3n) is 4.95. The minimum Gasteiger partial charge on any atom is -0.485 e. The maximum Gasteiger partial charge on any atom is 0.417 e. The van der Waals surface area contributed by atoms with Gasteiger partial charge in [0.15, 0.2) is 16.7 Å². The number of anilines is 2. The monoisotopic (exact) mass is 479 g/mol. The Labute approximate surface area is 194 Å². The van der Waals surface area contributed by atoms with E-state index in [1.807, 2.05) is 0 Å². The average Bonchev–Trinajstić information content (AvgIpc) is 2.85. The van der Waals surface area contributed by atoms with Crippen LogP contribution >= 0.6 is 12.2 Å². The average molecular weight is 479 g/mol. The Kier molecular flexibility index (Phi) is 5.92. The van der Waals surface area contributed by atoms with Crippen molar-refractivity contribution in [3.63, 3.8) is 0 Å². The van der Waals surface area contributed by atoms with E-state index in [9.17, 15) is 22.4 Å². The lowest BCUT2D eigenvalue weighted by atomic mass is 10.0. The predicted octanol–water partition coefficient (Wildman–Crippen LogP) is 5.81. The van der Waals surface area contributed by atoms with Crippen molar-refractivity contribution < 1.29 is 27.1 Å². The number of hydrogen-bond acceptors (Lipinski definition) is 4. The number of alkyl halides is 3. The number of hydrogen-bond donors (Lipinski definition) is 0. The van der Waals surface area contributed by atoms with Crippen LogP contribution in [0.4, 0.5) is 28.9 Å². The molecule has 5 nitrogen and oxygen atoms in total. The molecule has 0 bridgehead atoms. The van der Waals surface area contributed by atoms with Crippen molar-refractivity contribution in [2.45, 2.75) is 51.9 Å². The fourth-order valence-electron chi connectivity index (χ4n) is 3.50. The Morgan fingerprint density at radius 2 is 1.67 bits per heavy atom. The predicted molar refractivity (Wildman–Crippen MR) is 120 cm³/mol. The first-order valence-electron chi connectivity index (χ1n) is 9.86. The van der Waals surface area contributed by atoms with Gasteiger partial charge in [0.2, 0.25) is 0 Å². The van der Waals surface area contributed by atoms with Gasteiger partial charge in [-0.3, -0.25) is 9.69 Å². The molecule has 33 heavy (non-hydrogen) atoms. The number of nitriles is 1. The molecule has 1 aliphatic rings. The van der Waals surface area contributed by atoms with Gasteiger partial charge in [0, 0.05) is 11.8 Å². The van der Waals surface area contributed by atoms with E-state index in [-0.39, 0.29) is 22.2 Å². The molecule has 0 aliphatic carbocycles. The van der Waals surface area contributed by atoms with Crippen LogP contribution in [0.25, 0.3) is 0 Å². The van der Waals surface area contributed by atoms with Crippen molar-refractivity contribution in [2.24, 2.45) is 0 Å². The summed E-state index contributed by atoms with van der Waals surface area (Å²) in [4.78, 5) is 15.5. The second-order valence-corrected chi connectivity index (χ2v) is 9.35. The van der Waals surface area contributed by atoms with Crippen LogP contribution in [0.2, 0.25) is 0 Å². The van der Waals surface area contributed by atoms with E-state index in [2.05, 4.69) is 0 Å². The van der Waals surface area contributed by atoms with Gasteiger partial charge in [0.1, 0.15) is 11.1 Å². The normalized spacial score (nSPS) is 16.2. The minimum atomic E-state index is -4.80. The lowest BCUT2D eigenvalue weighted by Gasteiger charge is -2.30. The van der Waals surface area contributed by atoms with Gasteiger partial charge >= 0.3 is 6.18 Å². The standard InChI is InChI=1S/C23H21F4N3O2S/c1-21(2,3)32-18-9-8-15(11-17(18)24)30-20(33)29(19(31)22(30,4)5)14-7-6-13(12-28)16(10-14)23(25,26)27/h6-11H,1-5H3. The first-order chi connectivity index (χ1) is 15.1. The number of benzene rings is 2. The van der Waals surface area contributed by atoms with E-state index in [4.69, 9.17) is 22.2 Å². The summed E-state index contributed by atoms with van der Waals surface area (Å²) in [5.41, 5.74) is -3.60. The zero-order valence-corrected chi connectivity index (χ0v) is 19.4. The third-order valence-corrected chi connectivity index (χ3v) is 5.31. The number of ether oxygens (including phenoxy) is 1. The molecule has 10 heteroatoms. The molecule has 3 rings (SSSR count). The third kappa shape index (κ3) is 4.50. The number of rotatable bonds is 3. The zero-order chi connectivity index (χ0) is 24.9. The highest BCUT2D eigenvalue weighted by atomic mass is 32.1. The molecular formula is C23H21F4N3O2S. The summed E-state index contributed by atoms with van der Waals surface area (Å²) < 4.78 is 60.6. The highest BCUT2D eigenvalue weighted by Gasteiger charge is 2.51. The Morgan fingerprint density at radius 1 is 1.06 bits per heavy atom. The molecule has 174 valence electrons. The van der Waals surface area contributed by atoms with Crippen LogP contribution in [0.5, 0.6) is 5.75 Å². The van der Waals surface area contributed by atoms with Gasteiger partial charge in [-0.1, -0.05) is 0 Å². The summed E-state index contributed by atoms with van der Waals surface area (Å²) in [5.74, 6) is -1.26. The van der Waals surface area contributed by atoms with Gasteiger partial charge in [-0.15, -0.1) is 0 Å². The maximum atomic E-state index is 14.7. The number of carbonyl (C=O) groups is 1. The van der Waals surface area contributed by atoms with Crippen molar-refractivity contribution in [2.75, 3.05) is 9.80 Å². The lowest BCUT2D eigenvalue weighted by molar-refractivity contribution is -0.137. The first kappa shape index (κ1) is 24.5. The van der Waals surface area contributed by atoms with Gasteiger partial charge in [-0.05, 0) is 77.2 Å². The SMILES string of the molecule is CC(C)(C)Oc1ccc(N2C(=S)N(c3ccc(C#N)c(C(F)(F)F)c3)C(=O)C2(C)C)cc1F. The van der Waals surface area contributed by atoms with Gasteiger partial charge in [-0.2, -0.15) is 18.4 Å². The number of nitrogens with zero attached hydrogens (tertiary/aromatic N) is 3. The molecule has 0 aromatic heterocycles. The van der Waals surface area contributed by atoms with Crippen molar-refractivity contribution in [3.05, 3.63) is 53.3 Å². The second kappa shape index (κ2) is 7.99. The Morgan fingerprint density at radius 3 is 2.18 bits per heavy atom. The Hall–Kier alpha value is -3.19. The Bertz CT molecular complexity index is 1180. The summed E-state index contributed by atoms with van der Waals surface area (Å²) in [6.07, 6.45) is -4.80. The largest absolute Gasteiger partial charge is 0.485 e.